The minimum Gasteiger partial charge on any atom is -0.489 e. The van der Waals surface area contributed by atoms with Gasteiger partial charge in [0.05, 0.1) is 23.7 Å². The van der Waals surface area contributed by atoms with Crippen LogP contribution in [0.1, 0.15) is 90.4 Å². The maximum atomic E-state index is 13.2. The summed E-state index contributed by atoms with van der Waals surface area (Å²) in [6, 6.07) is 24.0. The minimum absolute atomic E-state index is 0.0277. The Balaban J connectivity index is 1.43. The number of carbonyl (C=O) groups excluding carboxylic acids is 1. The zero-order valence-electron chi connectivity index (χ0n) is 23.2. The van der Waals surface area contributed by atoms with Crippen molar-refractivity contribution in [1.82, 2.24) is 10.5 Å². The molecule has 38 heavy (non-hydrogen) atoms. The largest absolute Gasteiger partial charge is 0.489 e. The van der Waals surface area contributed by atoms with E-state index in [4.69, 9.17) is 9.26 Å². The summed E-state index contributed by atoms with van der Waals surface area (Å²) in [6.45, 7) is 13.0. The highest BCUT2D eigenvalue weighted by molar-refractivity contribution is 5.79. The second-order valence-electron chi connectivity index (χ2n) is 10.6. The summed E-state index contributed by atoms with van der Waals surface area (Å²) in [6.07, 6.45) is 0.287. The SMILES string of the molecule is Cc1ccc(C(NC(=O)Cc2ccc(OCc3c(C(C)C)noc3C(C)C)cc2)c2ccccc2)c(C)c1. The molecule has 1 N–H and O–H groups in total. The van der Waals surface area contributed by atoms with Crippen molar-refractivity contribution in [3.8, 4) is 5.75 Å². The van der Waals surface area contributed by atoms with E-state index >= 15 is 0 Å². The lowest BCUT2D eigenvalue weighted by Crippen LogP contribution is -2.31. The number of benzene rings is 3. The van der Waals surface area contributed by atoms with Gasteiger partial charge in [0, 0.05) is 5.92 Å². The number of nitrogens with one attached hydrogen (secondary N) is 1. The highest BCUT2D eigenvalue weighted by Crippen LogP contribution is 2.29. The van der Waals surface area contributed by atoms with Crippen LogP contribution in [0.15, 0.2) is 77.3 Å². The maximum absolute atomic E-state index is 13.2. The fourth-order valence-corrected chi connectivity index (χ4v) is 4.78. The van der Waals surface area contributed by atoms with Gasteiger partial charge < -0.3 is 14.6 Å². The van der Waals surface area contributed by atoms with Crippen molar-refractivity contribution in [2.24, 2.45) is 0 Å². The molecule has 0 bridgehead atoms. The van der Waals surface area contributed by atoms with Crippen molar-refractivity contribution in [2.45, 2.75) is 72.4 Å². The average molecular weight is 511 g/mol. The molecule has 1 amide bonds. The zero-order valence-corrected chi connectivity index (χ0v) is 23.2. The van der Waals surface area contributed by atoms with Gasteiger partial charge in [-0.15, -0.1) is 0 Å². The Bertz CT molecular complexity index is 1330. The van der Waals surface area contributed by atoms with Crippen LogP contribution in [-0.4, -0.2) is 11.1 Å². The van der Waals surface area contributed by atoms with Gasteiger partial charge in [-0.3, -0.25) is 4.79 Å². The van der Waals surface area contributed by atoms with Crippen molar-refractivity contribution >= 4 is 5.91 Å². The van der Waals surface area contributed by atoms with Crippen molar-refractivity contribution < 1.29 is 14.1 Å². The molecule has 1 aromatic heterocycles. The Morgan fingerprint density at radius 2 is 1.63 bits per heavy atom. The Labute approximate surface area is 226 Å². The van der Waals surface area contributed by atoms with Crippen molar-refractivity contribution in [3.63, 3.8) is 0 Å². The number of nitrogens with zero attached hydrogens (tertiary/aromatic N) is 1. The molecule has 1 heterocycles. The van der Waals surface area contributed by atoms with Gasteiger partial charge >= 0.3 is 0 Å². The Hall–Kier alpha value is -3.86. The molecule has 1 unspecified atom stereocenters. The third-order valence-corrected chi connectivity index (χ3v) is 6.77. The molecule has 0 saturated carbocycles. The highest BCUT2D eigenvalue weighted by Gasteiger charge is 2.22. The van der Waals surface area contributed by atoms with Crippen LogP contribution in [0.25, 0.3) is 0 Å². The number of carbonyl (C=O) groups is 1. The number of amides is 1. The molecule has 0 spiro atoms. The van der Waals surface area contributed by atoms with Gasteiger partial charge in [0.15, 0.2) is 0 Å². The quantitative estimate of drug-likeness (QED) is 0.239. The molecule has 4 aromatic rings. The molecule has 0 aliphatic carbocycles. The fourth-order valence-electron chi connectivity index (χ4n) is 4.78. The Kier molecular flexibility index (Phi) is 8.67. The van der Waals surface area contributed by atoms with Gasteiger partial charge in [0.1, 0.15) is 18.1 Å². The van der Waals surface area contributed by atoms with E-state index in [2.05, 4.69) is 82.3 Å². The van der Waals surface area contributed by atoms with Crippen molar-refractivity contribution in [1.29, 1.82) is 0 Å². The number of aryl methyl sites for hydroxylation is 2. The molecule has 5 nitrogen and oxygen atoms in total. The normalized spacial score (nSPS) is 12.1. The monoisotopic (exact) mass is 510 g/mol. The van der Waals surface area contributed by atoms with E-state index in [1.54, 1.807) is 0 Å². The van der Waals surface area contributed by atoms with E-state index in [0.717, 1.165) is 45.0 Å². The molecule has 0 saturated heterocycles. The lowest BCUT2D eigenvalue weighted by Gasteiger charge is -2.22. The van der Waals surface area contributed by atoms with Crippen LogP contribution in [0.4, 0.5) is 0 Å². The van der Waals surface area contributed by atoms with Crippen LogP contribution in [-0.2, 0) is 17.8 Å². The predicted octanol–water partition coefficient (Wildman–Crippen LogP) is 7.57. The van der Waals surface area contributed by atoms with E-state index < -0.39 is 0 Å². The molecule has 1 atom stereocenters. The van der Waals surface area contributed by atoms with Gasteiger partial charge in [0.2, 0.25) is 5.91 Å². The maximum Gasteiger partial charge on any atom is 0.225 e. The molecule has 0 radical (unpaired) electrons. The summed E-state index contributed by atoms with van der Waals surface area (Å²) in [5, 5.41) is 7.54. The molecular weight excluding hydrogens is 472 g/mol. The predicted molar refractivity (Wildman–Crippen MR) is 152 cm³/mol. The van der Waals surface area contributed by atoms with Crippen LogP contribution >= 0.6 is 0 Å². The fraction of sp³-hybridized carbons (Fsp3) is 0.333. The average Bonchev–Trinajstić information content (AvgIpc) is 3.33. The molecule has 4 rings (SSSR count). The third kappa shape index (κ3) is 6.52. The smallest absolute Gasteiger partial charge is 0.225 e. The van der Waals surface area contributed by atoms with E-state index in [1.165, 1.54) is 5.56 Å². The Morgan fingerprint density at radius 3 is 2.26 bits per heavy atom. The van der Waals surface area contributed by atoms with Crippen LogP contribution in [0.5, 0.6) is 5.75 Å². The molecule has 3 aromatic carbocycles. The van der Waals surface area contributed by atoms with Crippen LogP contribution < -0.4 is 10.1 Å². The molecule has 198 valence electrons. The minimum atomic E-state index is -0.208. The zero-order chi connectivity index (χ0) is 27.2. The Morgan fingerprint density at radius 1 is 0.921 bits per heavy atom. The molecule has 0 aliphatic rings. The van der Waals surface area contributed by atoms with Gasteiger partial charge in [-0.1, -0.05) is 99.1 Å². The van der Waals surface area contributed by atoms with Gasteiger partial charge in [-0.2, -0.15) is 0 Å². The lowest BCUT2D eigenvalue weighted by atomic mass is 9.93. The van der Waals surface area contributed by atoms with E-state index in [0.29, 0.717) is 6.61 Å². The summed E-state index contributed by atoms with van der Waals surface area (Å²) in [5.74, 6) is 2.09. The number of hydrogen-bond donors (Lipinski definition) is 1. The van der Waals surface area contributed by atoms with Crippen LogP contribution in [0.2, 0.25) is 0 Å². The third-order valence-electron chi connectivity index (χ3n) is 6.77. The van der Waals surface area contributed by atoms with Gasteiger partial charge in [0.25, 0.3) is 0 Å². The van der Waals surface area contributed by atoms with E-state index in [-0.39, 0.29) is 30.2 Å². The number of aromatic nitrogens is 1. The van der Waals surface area contributed by atoms with E-state index in [1.807, 2.05) is 42.5 Å². The van der Waals surface area contributed by atoms with Crippen LogP contribution in [0.3, 0.4) is 0 Å². The van der Waals surface area contributed by atoms with E-state index in [9.17, 15) is 4.79 Å². The first-order valence-corrected chi connectivity index (χ1v) is 13.3. The van der Waals surface area contributed by atoms with Crippen molar-refractivity contribution in [2.75, 3.05) is 0 Å². The first kappa shape index (κ1) is 27.2. The number of rotatable bonds is 10. The molecule has 0 aliphatic heterocycles. The van der Waals surface area contributed by atoms with Gasteiger partial charge in [-0.05, 0) is 54.2 Å². The number of ether oxygens (including phenoxy) is 1. The summed E-state index contributed by atoms with van der Waals surface area (Å²) >= 11 is 0. The topological polar surface area (TPSA) is 64.4 Å². The second kappa shape index (κ2) is 12.1. The summed E-state index contributed by atoms with van der Waals surface area (Å²) in [5.41, 5.74) is 7.43. The number of hydrogen-bond acceptors (Lipinski definition) is 4. The highest BCUT2D eigenvalue weighted by atomic mass is 16.5. The summed E-state index contributed by atoms with van der Waals surface area (Å²) in [4.78, 5) is 13.2. The molecule has 0 fully saturated rings. The molecule has 5 heteroatoms. The van der Waals surface area contributed by atoms with Crippen molar-refractivity contribution in [3.05, 3.63) is 118 Å². The van der Waals surface area contributed by atoms with Gasteiger partial charge in [-0.25, -0.2) is 0 Å². The molecular formula is C33H38N2O3. The van der Waals surface area contributed by atoms with Crippen LogP contribution in [0, 0.1) is 13.8 Å². The summed E-state index contributed by atoms with van der Waals surface area (Å²) < 4.78 is 11.7. The first-order valence-electron chi connectivity index (χ1n) is 13.3. The second-order valence-corrected chi connectivity index (χ2v) is 10.6. The standard InChI is InChI=1S/C33H38N2O3/c1-21(2)31-29(33(22(3)4)38-35-31)20-37-27-15-13-25(14-16-27)19-30(36)34-32(26-10-8-7-9-11-26)28-17-12-23(5)18-24(28)6/h7-18,21-22,32H,19-20H2,1-6H3,(H,34,36). The lowest BCUT2D eigenvalue weighted by molar-refractivity contribution is -0.120. The summed E-state index contributed by atoms with van der Waals surface area (Å²) in [7, 11) is 0. The first-order chi connectivity index (χ1) is 18.2.